The summed E-state index contributed by atoms with van der Waals surface area (Å²) in [6.45, 7) is 12.0. The third-order valence-corrected chi connectivity index (χ3v) is 5.91. The lowest BCUT2D eigenvalue weighted by Gasteiger charge is -2.35. The van der Waals surface area contributed by atoms with Gasteiger partial charge in [-0.05, 0) is 56.8 Å². The maximum Gasteiger partial charge on any atom is 0.251 e. The second-order valence-electron chi connectivity index (χ2n) is 8.11. The van der Waals surface area contributed by atoms with Crippen molar-refractivity contribution in [3.8, 4) is 0 Å². The Morgan fingerprint density at radius 3 is 2.92 bits per heavy atom. The van der Waals surface area contributed by atoms with E-state index in [1.165, 1.54) is 19.4 Å². The van der Waals surface area contributed by atoms with Gasteiger partial charge in [-0.25, -0.2) is 0 Å². The van der Waals surface area contributed by atoms with Crippen molar-refractivity contribution in [1.82, 2.24) is 10.2 Å². The average molecular weight is 360 g/mol. The minimum atomic E-state index is -0.0181. The van der Waals surface area contributed by atoms with Gasteiger partial charge in [0, 0.05) is 36.4 Å². The van der Waals surface area contributed by atoms with Gasteiger partial charge in [-0.1, -0.05) is 19.9 Å². The van der Waals surface area contributed by atoms with Crippen molar-refractivity contribution in [2.24, 2.45) is 5.92 Å². The highest BCUT2D eigenvalue weighted by Gasteiger charge is 2.32. The maximum absolute atomic E-state index is 12.7. The Kier molecular flexibility index (Phi) is 6.20. The lowest BCUT2D eigenvalue weighted by molar-refractivity contribution is -0.0461. The number of hydrogen-bond donors (Lipinski definition) is 2. The Morgan fingerprint density at radius 1 is 1.35 bits per heavy atom. The smallest absolute Gasteiger partial charge is 0.251 e. The zero-order valence-corrected chi connectivity index (χ0v) is 16.5. The number of nitrogens with one attached hydrogen (secondary N) is 2. The molecule has 144 valence electrons. The predicted octanol–water partition coefficient (Wildman–Crippen LogP) is 3.04. The lowest BCUT2D eigenvalue weighted by Crippen LogP contribution is -2.50. The van der Waals surface area contributed by atoms with Crippen LogP contribution >= 0.6 is 0 Å². The molecule has 1 aromatic rings. The van der Waals surface area contributed by atoms with Crippen LogP contribution in [0.25, 0.3) is 0 Å². The number of benzene rings is 1. The SMILES string of the molecule is Cc1c(N[C@H](C)C(C)C)cccc1C(=O)NC[C@@H]1CN2CCC[C@H]2CO1. The first kappa shape index (κ1) is 19.2. The molecule has 1 amide bonds. The van der Waals surface area contributed by atoms with Crippen LogP contribution in [0.2, 0.25) is 0 Å². The second kappa shape index (κ2) is 8.40. The van der Waals surface area contributed by atoms with Gasteiger partial charge in [0.2, 0.25) is 0 Å². The molecular weight excluding hydrogens is 326 g/mol. The van der Waals surface area contributed by atoms with Gasteiger partial charge in [0.15, 0.2) is 0 Å². The number of rotatable bonds is 6. The molecule has 3 atom stereocenters. The van der Waals surface area contributed by atoms with E-state index in [0.717, 1.165) is 30.0 Å². The van der Waals surface area contributed by atoms with Gasteiger partial charge < -0.3 is 15.4 Å². The highest BCUT2D eigenvalue weighted by molar-refractivity contribution is 5.97. The quantitative estimate of drug-likeness (QED) is 0.820. The number of morpholine rings is 1. The Hall–Kier alpha value is -1.59. The largest absolute Gasteiger partial charge is 0.382 e. The Morgan fingerprint density at radius 2 is 2.15 bits per heavy atom. The molecule has 0 spiro atoms. The number of fused-ring (bicyclic) bond motifs is 1. The summed E-state index contributed by atoms with van der Waals surface area (Å²) in [6, 6.07) is 6.84. The molecule has 2 fully saturated rings. The molecule has 5 nitrogen and oxygen atoms in total. The molecule has 2 saturated heterocycles. The van der Waals surface area contributed by atoms with Crippen LogP contribution < -0.4 is 10.6 Å². The molecular formula is C21H33N3O2. The topological polar surface area (TPSA) is 53.6 Å². The molecule has 2 N–H and O–H groups in total. The van der Waals surface area contributed by atoms with Crippen molar-refractivity contribution in [3.05, 3.63) is 29.3 Å². The summed E-state index contributed by atoms with van der Waals surface area (Å²) >= 11 is 0. The van der Waals surface area contributed by atoms with Gasteiger partial charge in [0.05, 0.1) is 12.7 Å². The minimum absolute atomic E-state index is 0.0181. The molecule has 0 unspecified atom stereocenters. The molecule has 0 bridgehead atoms. The van der Waals surface area contributed by atoms with E-state index in [-0.39, 0.29) is 12.0 Å². The zero-order valence-electron chi connectivity index (χ0n) is 16.5. The van der Waals surface area contributed by atoms with E-state index >= 15 is 0 Å². The molecule has 26 heavy (non-hydrogen) atoms. The van der Waals surface area contributed by atoms with Crippen molar-refractivity contribution in [1.29, 1.82) is 0 Å². The van der Waals surface area contributed by atoms with E-state index in [0.29, 0.717) is 24.5 Å². The molecule has 3 rings (SSSR count). The van der Waals surface area contributed by atoms with E-state index in [4.69, 9.17) is 4.74 Å². The fraction of sp³-hybridized carbons (Fsp3) is 0.667. The summed E-state index contributed by atoms with van der Waals surface area (Å²) in [4.78, 5) is 15.2. The fourth-order valence-electron chi connectivity index (χ4n) is 3.76. The van der Waals surface area contributed by atoms with Gasteiger partial charge in [0.25, 0.3) is 5.91 Å². The van der Waals surface area contributed by atoms with Crippen LogP contribution in [0, 0.1) is 12.8 Å². The molecule has 1 aromatic carbocycles. The average Bonchev–Trinajstić information content (AvgIpc) is 3.09. The highest BCUT2D eigenvalue weighted by atomic mass is 16.5. The maximum atomic E-state index is 12.7. The van der Waals surface area contributed by atoms with Crippen LogP contribution in [-0.4, -0.2) is 55.2 Å². The predicted molar refractivity (Wildman–Crippen MR) is 106 cm³/mol. The second-order valence-corrected chi connectivity index (χ2v) is 8.11. The van der Waals surface area contributed by atoms with Gasteiger partial charge in [0.1, 0.15) is 0 Å². The van der Waals surface area contributed by atoms with Crippen LogP contribution in [0.4, 0.5) is 5.69 Å². The number of ether oxygens (including phenoxy) is 1. The van der Waals surface area contributed by atoms with E-state index in [1.807, 2.05) is 25.1 Å². The number of anilines is 1. The first-order valence-corrected chi connectivity index (χ1v) is 9.95. The van der Waals surface area contributed by atoms with E-state index in [2.05, 4.69) is 36.3 Å². The van der Waals surface area contributed by atoms with Gasteiger partial charge in [-0.2, -0.15) is 0 Å². The highest BCUT2D eigenvalue weighted by Crippen LogP contribution is 2.23. The Bertz CT molecular complexity index is 632. The van der Waals surface area contributed by atoms with Crippen molar-refractivity contribution in [2.75, 3.05) is 31.6 Å². The molecule has 5 heteroatoms. The van der Waals surface area contributed by atoms with Crippen molar-refractivity contribution in [2.45, 2.75) is 58.7 Å². The van der Waals surface area contributed by atoms with Crippen LogP contribution in [0.15, 0.2) is 18.2 Å². The summed E-state index contributed by atoms with van der Waals surface area (Å²) < 4.78 is 5.94. The summed E-state index contributed by atoms with van der Waals surface area (Å²) in [5.41, 5.74) is 2.77. The monoisotopic (exact) mass is 359 g/mol. The fourth-order valence-corrected chi connectivity index (χ4v) is 3.76. The number of carbonyl (C=O) groups excluding carboxylic acids is 1. The lowest BCUT2D eigenvalue weighted by atomic mass is 10.0. The van der Waals surface area contributed by atoms with Crippen LogP contribution in [0.1, 0.15) is 49.5 Å². The number of nitrogens with zero attached hydrogens (tertiary/aromatic N) is 1. The van der Waals surface area contributed by atoms with E-state index < -0.39 is 0 Å². The van der Waals surface area contributed by atoms with E-state index in [1.54, 1.807) is 0 Å². The molecule has 2 heterocycles. The summed E-state index contributed by atoms with van der Waals surface area (Å²) in [6.07, 6.45) is 2.60. The van der Waals surface area contributed by atoms with Crippen molar-refractivity contribution >= 4 is 11.6 Å². The van der Waals surface area contributed by atoms with Crippen LogP contribution in [0.3, 0.4) is 0 Å². The van der Waals surface area contributed by atoms with Gasteiger partial charge in [-0.15, -0.1) is 0 Å². The third-order valence-electron chi connectivity index (χ3n) is 5.91. The Labute approximate surface area is 157 Å². The molecule has 2 aliphatic rings. The molecule has 0 aliphatic carbocycles. The first-order chi connectivity index (χ1) is 12.5. The van der Waals surface area contributed by atoms with Gasteiger partial charge >= 0.3 is 0 Å². The zero-order chi connectivity index (χ0) is 18.7. The molecule has 0 aromatic heterocycles. The summed E-state index contributed by atoms with van der Waals surface area (Å²) in [7, 11) is 0. The summed E-state index contributed by atoms with van der Waals surface area (Å²) in [5.74, 6) is 0.514. The van der Waals surface area contributed by atoms with Crippen LogP contribution in [0.5, 0.6) is 0 Å². The third kappa shape index (κ3) is 4.38. The van der Waals surface area contributed by atoms with Crippen molar-refractivity contribution < 1.29 is 9.53 Å². The summed E-state index contributed by atoms with van der Waals surface area (Å²) in [5, 5.41) is 6.60. The Balaban J connectivity index is 1.57. The number of hydrogen-bond acceptors (Lipinski definition) is 4. The molecule has 0 radical (unpaired) electrons. The molecule has 2 aliphatic heterocycles. The molecule has 0 saturated carbocycles. The van der Waals surface area contributed by atoms with Crippen molar-refractivity contribution in [3.63, 3.8) is 0 Å². The standard InChI is InChI=1S/C21H33N3O2/c1-14(2)16(4)23-20-9-5-8-19(15(20)3)21(25)22-11-18-12-24-10-6-7-17(24)13-26-18/h5,8-9,14,16-18,23H,6-7,10-13H2,1-4H3,(H,22,25)/t16-,17+,18-/m1/s1. The number of amides is 1. The van der Waals surface area contributed by atoms with Gasteiger partial charge in [-0.3, -0.25) is 9.69 Å². The van der Waals surface area contributed by atoms with Crippen LogP contribution in [-0.2, 0) is 4.74 Å². The van der Waals surface area contributed by atoms with E-state index in [9.17, 15) is 4.79 Å². The minimum Gasteiger partial charge on any atom is -0.382 e. The first-order valence-electron chi connectivity index (χ1n) is 9.95. The number of carbonyl (C=O) groups is 1. The normalized spacial score (nSPS) is 24.3.